The third-order valence-corrected chi connectivity index (χ3v) is 4.01. The lowest BCUT2D eigenvalue weighted by Crippen LogP contribution is -2.33. The van der Waals surface area contributed by atoms with E-state index in [0.717, 1.165) is 13.2 Å². The first-order chi connectivity index (χ1) is 8.33. The van der Waals surface area contributed by atoms with Crippen LogP contribution in [0.5, 0.6) is 0 Å². The Hall–Kier alpha value is -0.0800. The normalized spacial score (nSPS) is 18.7. The second-order valence-electron chi connectivity index (χ2n) is 5.60. The van der Waals surface area contributed by atoms with Crippen molar-refractivity contribution in [1.29, 1.82) is 0 Å². The Kier molecular flexibility index (Phi) is 7.87. The Morgan fingerprint density at radius 2 is 1.82 bits per heavy atom. The van der Waals surface area contributed by atoms with Crippen molar-refractivity contribution in [2.45, 2.75) is 65.2 Å². The molecule has 1 aliphatic rings. The van der Waals surface area contributed by atoms with Crippen LogP contribution in [0, 0.1) is 5.41 Å². The summed E-state index contributed by atoms with van der Waals surface area (Å²) in [5.74, 6) is 0. The highest BCUT2D eigenvalue weighted by molar-refractivity contribution is 4.86. The van der Waals surface area contributed by atoms with Crippen LogP contribution in [0.3, 0.4) is 0 Å². The smallest absolute Gasteiger partial charge is 0.0471 e. The standard InChI is InChI=1S/C15H31NO/c1-3-5-12-17-13-10-15(8-6-7-9-15)14-16-11-4-2/h16H,3-14H2,1-2H3. The monoisotopic (exact) mass is 241 g/mol. The van der Waals surface area contributed by atoms with E-state index in [-0.39, 0.29) is 0 Å². The zero-order chi connectivity index (χ0) is 12.4. The maximum Gasteiger partial charge on any atom is 0.0471 e. The van der Waals surface area contributed by atoms with E-state index >= 15 is 0 Å². The number of nitrogens with one attached hydrogen (secondary N) is 1. The molecular weight excluding hydrogens is 210 g/mol. The Morgan fingerprint density at radius 3 is 2.47 bits per heavy atom. The van der Waals surface area contributed by atoms with Crippen LogP contribution in [0.15, 0.2) is 0 Å². The Morgan fingerprint density at radius 1 is 1.06 bits per heavy atom. The number of ether oxygens (including phenoxy) is 1. The Balaban J connectivity index is 2.17. The third-order valence-electron chi connectivity index (χ3n) is 4.01. The molecule has 1 aliphatic carbocycles. The molecule has 2 heteroatoms. The van der Waals surface area contributed by atoms with E-state index in [1.165, 1.54) is 64.5 Å². The van der Waals surface area contributed by atoms with E-state index in [2.05, 4.69) is 19.2 Å². The van der Waals surface area contributed by atoms with Gasteiger partial charge in [-0.05, 0) is 44.1 Å². The van der Waals surface area contributed by atoms with Crippen LogP contribution in [0.2, 0.25) is 0 Å². The van der Waals surface area contributed by atoms with Crippen molar-refractivity contribution in [2.24, 2.45) is 5.41 Å². The summed E-state index contributed by atoms with van der Waals surface area (Å²) in [6.45, 7) is 8.75. The molecule has 0 amide bonds. The van der Waals surface area contributed by atoms with Gasteiger partial charge in [0.25, 0.3) is 0 Å². The molecule has 0 heterocycles. The fourth-order valence-corrected chi connectivity index (χ4v) is 2.81. The summed E-state index contributed by atoms with van der Waals surface area (Å²) >= 11 is 0. The minimum absolute atomic E-state index is 0.557. The molecule has 0 aromatic carbocycles. The van der Waals surface area contributed by atoms with E-state index in [1.807, 2.05) is 0 Å². The third kappa shape index (κ3) is 5.87. The summed E-state index contributed by atoms with van der Waals surface area (Å²) in [6.07, 6.45) is 10.6. The van der Waals surface area contributed by atoms with Crippen LogP contribution in [-0.4, -0.2) is 26.3 Å². The zero-order valence-corrected chi connectivity index (χ0v) is 11.9. The summed E-state index contributed by atoms with van der Waals surface area (Å²) in [6, 6.07) is 0. The fourth-order valence-electron chi connectivity index (χ4n) is 2.81. The van der Waals surface area contributed by atoms with Gasteiger partial charge in [-0.15, -0.1) is 0 Å². The van der Waals surface area contributed by atoms with Gasteiger partial charge in [-0.1, -0.05) is 33.1 Å². The van der Waals surface area contributed by atoms with Crippen molar-refractivity contribution >= 4 is 0 Å². The molecule has 0 bridgehead atoms. The van der Waals surface area contributed by atoms with Gasteiger partial charge < -0.3 is 10.1 Å². The second kappa shape index (κ2) is 8.93. The highest BCUT2D eigenvalue weighted by Gasteiger charge is 2.32. The predicted octanol–water partition coefficient (Wildman–Crippen LogP) is 3.75. The molecule has 1 fully saturated rings. The second-order valence-corrected chi connectivity index (χ2v) is 5.60. The van der Waals surface area contributed by atoms with Gasteiger partial charge >= 0.3 is 0 Å². The van der Waals surface area contributed by atoms with Crippen LogP contribution < -0.4 is 5.32 Å². The van der Waals surface area contributed by atoms with Gasteiger partial charge in [-0.3, -0.25) is 0 Å². The quantitative estimate of drug-likeness (QED) is 0.588. The maximum absolute atomic E-state index is 5.74. The summed E-state index contributed by atoms with van der Waals surface area (Å²) in [5, 5.41) is 3.61. The molecule has 1 saturated carbocycles. The van der Waals surface area contributed by atoms with Crippen LogP contribution in [0.4, 0.5) is 0 Å². The summed E-state index contributed by atoms with van der Waals surface area (Å²) < 4.78 is 5.74. The van der Waals surface area contributed by atoms with E-state index < -0.39 is 0 Å². The summed E-state index contributed by atoms with van der Waals surface area (Å²) in [7, 11) is 0. The minimum Gasteiger partial charge on any atom is -0.381 e. The van der Waals surface area contributed by atoms with E-state index in [0.29, 0.717) is 5.41 Å². The molecule has 0 unspecified atom stereocenters. The molecule has 102 valence electrons. The first-order valence-electron chi connectivity index (χ1n) is 7.61. The molecule has 0 aromatic heterocycles. The van der Waals surface area contributed by atoms with Crippen molar-refractivity contribution in [3.8, 4) is 0 Å². The van der Waals surface area contributed by atoms with Crippen molar-refractivity contribution in [2.75, 3.05) is 26.3 Å². The molecule has 0 saturated heterocycles. The van der Waals surface area contributed by atoms with Crippen molar-refractivity contribution in [3.63, 3.8) is 0 Å². The fraction of sp³-hybridized carbons (Fsp3) is 1.00. The van der Waals surface area contributed by atoms with E-state index in [9.17, 15) is 0 Å². The predicted molar refractivity (Wildman–Crippen MR) is 74.4 cm³/mol. The molecule has 0 radical (unpaired) electrons. The molecule has 0 aliphatic heterocycles. The van der Waals surface area contributed by atoms with Crippen molar-refractivity contribution < 1.29 is 4.74 Å². The largest absolute Gasteiger partial charge is 0.381 e. The lowest BCUT2D eigenvalue weighted by molar-refractivity contribution is 0.0920. The Labute approximate surface area is 108 Å². The topological polar surface area (TPSA) is 21.3 Å². The first kappa shape index (κ1) is 15.0. The Bertz CT molecular complexity index is 176. The summed E-state index contributed by atoms with van der Waals surface area (Å²) in [5.41, 5.74) is 0.557. The molecule has 17 heavy (non-hydrogen) atoms. The molecule has 0 atom stereocenters. The number of rotatable bonds is 10. The van der Waals surface area contributed by atoms with E-state index in [1.54, 1.807) is 0 Å². The van der Waals surface area contributed by atoms with Crippen LogP contribution in [0.25, 0.3) is 0 Å². The lowest BCUT2D eigenvalue weighted by Gasteiger charge is -2.29. The van der Waals surface area contributed by atoms with Gasteiger partial charge in [0.2, 0.25) is 0 Å². The number of unbranched alkanes of at least 4 members (excludes halogenated alkanes) is 1. The van der Waals surface area contributed by atoms with Gasteiger partial charge in [-0.2, -0.15) is 0 Å². The van der Waals surface area contributed by atoms with Crippen molar-refractivity contribution in [1.82, 2.24) is 5.32 Å². The van der Waals surface area contributed by atoms with E-state index in [4.69, 9.17) is 4.74 Å². The molecule has 0 spiro atoms. The summed E-state index contributed by atoms with van der Waals surface area (Å²) in [4.78, 5) is 0. The highest BCUT2D eigenvalue weighted by atomic mass is 16.5. The SMILES string of the molecule is CCCCOCCC1(CNCCC)CCCC1. The minimum atomic E-state index is 0.557. The van der Waals surface area contributed by atoms with Gasteiger partial charge in [0.05, 0.1) is 0 Å². The average molecular weight is 241 g/mol. The van der Waals surface area contributed by atoms with Crippen molar-refractivity contribution in [3.05, 3.63) is 0 Å². The molecule has 1 rings (SSSR count). The number of hydrogen-bond donors (Lipinski definition) is 1. The van der Waals surface area contributed by atoms with Gasteiger partial charge in [0.15, 0.2) is 0 Å². The van der Waals surface area contributed by atoms with Crippen LogP contribution in [-0.2, 0) is 4.74 Å². The zero-order valence-electron chi connectivity index (χ0n) is 11.9. The van der Waals surface area contributed by atoms with Crippen LogP contribution >= 0.6 is 0 Å². The molecule has 2 nitrogen and oxygen atoms in total. The highest BCUT2D eigenvalue weighted by Crippen LogP contribution is 2.40. The lowest BCUT2D eigenvalue weighted by atomic mass is 9.83. The molecule has 0 aromatic rings. The van der Waals surface area contributed by atoms with Gasteiger partial charge in [-0.25, -0.2) is 0 Å². The van der Waals surface area contributed by atoms with Gasteiger partial charge in [0.1, 0.15) is 0 Å². The maximum atomic E-state index is 5.74. The molecule has 1 N–H and O–H groups in total. The average Bonchev–Trinajstić information content (AvgIpc) is 2.79. The first-order valence-corrected chi connectivity index (χ1v) is 7.61. The van der Waals surface area contributed by atoms with Crippen LogP contribution in [0.1, 0.15) is 65.2 Å². The molecular formula is C15H31NO. The van der Waals surface area contributed by atoms with Gasteiger partial charge in [0, 0.05) is 19.8 Å². The number of hydrogen-bond acceptors (Lipinski definition) is 2.